The highest BCUT2D eigenvalue weighted by molar-refractivity contribution is 8.00. The molecule has 1 aliphatic carbocycles. The van der Waals surface area contributed by atoms with E-state index in [1.807, 2.05) is 0 Å². The molecule has 2 heteroatoms. The van der Waals surface area contributed by atoms with E-state index in [1.165, 1.54) is 42.7 Å². The van der Waals surface area contributed by atoms with Crippen LogP contribution >= 0.6 is 11.8 Å². The van der Waals surface area contributed by atoms with Gasteiger partial charge in [-0.3, -0.25) is 0 Å². The average molecular weight is 249 g/mol. The zero-order chi connectivity index (χ0) is 12.1. The van der Waals surface area contributed by atoms with Gasteiger partial charge in [0.05, 0.1) is 0 Å². The second kappa shape index (κ2) is 6.34. The Morgan fingerprint density at radius 3 is 2.47 bits per heavy atom. The average Bonchev–Trinajstić information content (AvgIpc) is 2.84. The molecule has 1 nitrogen and oxygen atoms in total. The van der Waals surface area contributed by atoms with Crippen LogP contribution in [0.25, 0.3) is 0 Å². The van der Waals surface area contributed by atoms with E-state index in [2.05, 4.69) is 55.2 Å². The Morgan fingerprint density at radius 2 is 1.88 bits per heavy atom. The van der Waals surface area contributed by atoms with Crippen LogP contribution in [0.1, 0.15) is 46.0 Å². The summed E-state index contributed by atoms with van der Waals surface area (Å²) in [5.41, 5.74) is 1.25. The SMILES string of the molecule is CCC(C)Nc1ccc(SC2CCCC2)cc1. The molecule has 0 bridgehead atoms. The van der Waals surface area contributed by atoms with Crippen molar-refractivity contribution in [3.05, 3.63) is 24.3 Å². The molecule has 0 amide bonds. The summed E-state index contributed by atoms with van der Waals surface area (Å²) in [6, 6.07) is 9.50. The van der Waals surface area contributed by atoms with Gasteiger partial charge in [0.2, 0.25) is 0 Å². The van der Waals surface area contributed by atoms with E-state index in [9.17, 15) is 0 Å². The zero-order valence-corrected chi connectivity index (χ0v) is 11.7. The molecule has 1 unspecified atom stereocenters. The van der Waals surface area contributed by atoms with E-state index >= 15 is 0 Å². The molecule has 0 radical (unpaired) electrons. The van der Waals surface area contributed by atoms with Gasteiger partial charge in [0, 0.05) is 21.9 Å². The maximum atomic E-state index is 3.50. The van der Waals surface area contributed by atoms with Crippen LogP contribution in [0.2, 0.25) is 0 Å². The van der Waals surface area contributed by atoms with Crippen molar-refractivity contribution in [2.45, 2.75) is 62.1 Å². The lowest BCUT2D eigenvalue weighted by Gasteiger charge is -2.14. The van der Waals surface area contributed by atoms with Crippen LogP contribution in [0.5, 0.6) is 0 Å². The molecule has 1 N–H and O–H groups in total. The van der Waals surface area contributed by atoms with Gasteiger partial charge in [0.1, 0.15) is 0 Å². The first-order chi connectivity index (χ1) is 8.28. The molecule has 1 saturated carbocycles. The molecule has 94 valence electrons. The molecule has 1 aromatic carbocycles. The highest BCUT2D eigenvalue weighted by Crippen LogP contribution is 2.34. The molecule has 1 fully saturated rings. The van der Waals surface area contributed by atoms with Crippen molar-refractivity contribution in [1.29, 1.82) is 0 Å². The van der Waals surface area contributed by atoms with E-state index in [1.54, 1.807) is 0 Å². The van der Waals surface area contributed by atoms with E-state index in [0.717, 1.165) is 5.25 Å². The predicted molar refractivity (Wildman–Crippen MR) is 77.9 cm³/mol. The summed E-state index contributed by atoms with van der Waals surface area (Å²) in [7, 11) is 0. The van der Waals surface area contributed by atoms with Crippen LogP contribution in [-0.2, 0) is 0 Å². The van der Waals surface area contributed by atoms with Crippen molar-refractivity contribution in [1.82, 2.24) is 0 Å². The largest absolute Gasteiger partial charge is 0.383 e. The van der Waals surface area contributed by atoms with Crippen LogP contribution in [-0.4, -0.2) is 11.3 Å². The number of nitrogens with one attached hydrogen (secondary N) is 1. The first kappa shape index (κ1) is 12.8. The van der Waals surface area contributed by atoms with Gasteiger partial charge in [-0.05, 0) is 50.5 Å². The minimum Gasteiger partial charge on any atom is -0.383 e. The summed E-state index contributed by atoms with van der Waals surface area (Å²) >= 11 is 2.06. The summed E-state index contributed by atoms with van der Waals surface area (Å²) < 4.78 is 0. The van der Waals surface area contributed by atoms with Crippen LogP contribution in [0, 0.1) is 0 Å². The number of hydrogen-bond acceptors (Lipinski definition) is 2. The highest BCUT2D eigenvalue weighted by atomic mass is 32.2. The van der Waals surface area contributed by atoms with E-state index in [4.69, 9.17) is 0 Å². The van der Waals surface area contributed by atoms with Crippen LogP contribution in [0.15, 0.2) is 29.2 Å². The maximum Gasteiger partial charge on any atom is 0.0342 e. The van der Waals surface area contributed by atoms with Crippen molar-refractivity contribution < 1.29 is 0 Å². The first-order valence-electron chi connectivity index (χ1n) is 6.81. The lowest BCUT2D eigenvalue weighted by atomic mass is 10.2. The topological polar surface area (TPSA) is 12.0 Å². The summed E-state index contributed by atoms with van der Waals surface area (Å²) in [6.07, 6.45) is 6.81. The fourth-order valence-corrected chi connectivity index (χ4v) is 3.46. The molecule has 17 heavy (non-hydrogen) atoms. The number of thioether (sulfide) groups is 1. The third kappa shape index (κ3) is 3.95. The van der Waals surface area contributed by atoms with E-state index < -0.39 is 0 Å². The van der Waals surface area contributed by atoms with Crippen molar-refractivity contribution in [2.24, 2.45) is 0 Å². The number of rotatable bonds is 5. The highest BCUT2D eigenvalue weighted by Gasteiger charge is 2.15. The van der Waals surface area contributed by atoms with Gasteiger partial charge in [-0.15, -0.1) is 11.8 Å². The van der Waals surface area contributed by atoms with Gasteiger partial charge < -0.3 is 5.32 Å². The Hall–Kier alpha value is -0.630. The second-order valence-corrected chi connectivity index (χ2v) is 6.38. The van der Waals surface area contributed by atoms with Crippen molar-refractivity contribution >= 4 is 17.4 Å². The predicted octanol–water partition coefficient (Wildman–Crippen LogP) is 4.93. The smallest absolute Gasteiger partial charge is 0.0342 e. The Bertz CT molecular complexity index is 327. The molecule has 0 aromatic heterocycles. The standard InChI is InChI=1S/C15H23NS/c1-3-12(2)16-13-8-10-15(11-9-13)17-14-6-4-5-7-14/h8-12,14,16H,3-7H2,1-2H3. The van der Waals surface area contributed by atoms with Crippen molar-refractivity contribution in [3.8, 4) is 0 Å². The van der Waals surface area contributed by atoms with Gasteiger partial charge in [0.25, 0.3) is 0 Å². The molecule has 1 aromatic rings. The normalized spacial score (nSPS) is 18.2. The van der Waals surface area contributed by atoms with Crippen LogP contribution in [0.3, 0.4) is 0 Å². The fraction of sp³-hybridized carbons (Fsp3) is 0.600. The van der Waals surface area contributed by atoms with Crippen LogP contribution < -0.4 is 5.32 Å². The zero-order valence-electron chi connectivity index (χ0n) is 10.9. The fourth-order valence-electron chi connectivity index (χ4n) is 2.21. The van der Waals surface area contributed by atoms with Crippen molar-refractivity contribution in [2.75, 3.05) is 5.32 Å². The molecule has 0 heterocycles. The number of hydrogen-bond donors (Lipinski definition) is 1. The summed E-state index contributed by atoms with van der Waals surface area (Å²) in [5.74, 6) is 0. The second-order valence-electron chi connectivity index (χ2n) is 5.00. The molecule has 0 spiro atoms. The minimum absolute atomic E-state index is 0.559. The van der Waals surface area contributed by atoms with Gasteiger partial charge >= 0.3 is 0 Å². The monoisotopic (exact) mass is 249 g/mol. The van der Waals surface area contributed by atoms with Gasteiger partial charge in [-0.25, -0.2) is 0 Å². The summed E-state index contributed by atoms with van der Waals surface area (Å²) in [5, 5.41) is 4.37. The molecular formula is C15H23NS. The summed E-state index contributed by atoms with van der Waals surface area (Å²) in [4.78, 5) is 1.42. The molecule has 0 aliphatic heterocycles. The van der Waals surface area contributed by atoms with Gasteiger partial charge in [0.15, 0.2) is 0 Å². The quantitative estimate of drug-likeness (QED) is 0.794. The van der Waals surface area contributed by atoms with Gasteiger partial charge in [-0.1, -0.05) is 19.8 Å². The van der Waals surface area contributed by atoms with Gasteiger partial charge in [-0.2, -0.15) is 0 Å². The molecular weight excluding hydrogens is 226 g/mol. The Morgan fingerprint density at radius 1 is 1.24 bits per heavy atom. The third-order valence-corrected chi connectivity index (χ3v) is 4.83. The number of anilines is 1. The van der Waals surface area contributed by atoms with E-state index in [0.29, 0.717) is 6.04 Å². The minimum atomic E-state index is 0.559. The molecule has 1 atom stereocenters. The Balaban J connectivity index is 1.88. The Kier molecular flexibility index (Phi) is 4.78. The van der Waals surface area contributed by atoms with Crippen molar-refractivity contribution in [3.63, 3.8) is 0 Å². The molecule has 0 saturated heterocycles. The Labute approximate surface area is 109 Å². The lowest BCUT2D eigenvalue weighted by molar-refractivity contribution is 0.764. The lowest BCUT2D eigenvalue weighted by Crippen LogP contribution is -2.12. The first-order valence-corrected chi connectivity index (χ1v) is 7.69. The molecule has 1 aliphatic rings. The third-order valence-electron chi connectivity index (χ3n) is 3.48. The number of benzene rings is 1. The van der Waals surface area contributed by atoms with E-state index in [-0.39, 0.29) is 0 Å². The van der Waals surface area contributed by atoms with Crippen LogP contribution in [0.4, 0.5) is 5.69 Å². The summed E-state index contributed by atoms with van der Waals surface area (Å²) in [6.45, 7) is 4.43. The molecule has 2 rings (SSSR count). The maximum absolute atomic E-state index is 3.50.